The zero-order valence-electron chi connectivity index (χ0n) is 13.7. The van der Waals surface area contributed by atoms with Crippen LogP contribution in [0, 0.1) is 0 Å². The van der Waals surface area contributed by atoms with Crippen LogP contribution in [0.25, 0.3) is 10.8 Å². The van der Waals surface area contributed by atoms with Gasteiger partial charge in [-0.1, -0.05) is 23.7 Å². The number of nitrogens with one attached hydrogen (secondary N) is 2. The van der Waals surface area contributed by atoms with Crippen LogP contribution in [0.2, 0.25) is 5.02 Å². The molecule has 0 unspecified atom stereocenters. The Kier molecular flexibility index (Phi) is 5.25. The molecule has 0 fully saturated rings. The van der Waals surface area contributed by atoms with Crippen molar-refractivity contribution in [1.29, 1.82) is 0 Å². The number of benzene rings is 3. The lowest BCUT2D eigenvalue weighted by molar-refractivity contribution is 0.0975. The van der Waals surface area contributed by atoms with E-state index < -0.39 is 5.91 Å². The van der Waals surface area contributed by atoms with Crippen molar-refractivity contribution in [1.82, 2.24) is 5.32 Å². The lowest BCUT2D eigenvalue weighted by Gasteiger charge is -2.13. The van der Waals surface area contributed by atoms with Gasteiger partial charge in [0.05, 0.1) is 12.7 Å². The van der Waals surface area contributed by atoms with Crippen molar-refractivity contribution in [2.75, 3.05) is 12.4 Å². The standard InChI is InChI=1S/C19H15ClN2O3S/c1-25-17-8-5-12(20)10-15(17)18(24)22-19(26)21-16-4-2-3-11-9-13(23)6-7-14(11)16/h2-10,23H,1H3,(H2,21,22,24,26). The van der Waals surface area contributed by atoms with Gasteiger partial charge in [-0.3, -0.25) is 10.1 Å². The first-order valence-corrected chi connectivity index (χ1v) is 8.44. The van der Waals surface area contributed by atoms with E-state index in [-0.39, 0.29) is 16.4 Å². The van der Waals surface area contributed by atoms with Gasteiger partial charge >= 0.3 is 0 Å². The molecule has 0 atom stereocenters. The summed E-state index contributed by atoms with van der Waals surface area (Å²) in [5.74, 6) is 0.147. The quantitative estimate of drug-likeness (QED) is 0.584. The van der Waals surface area contributed by atoms with Crippen molar-refractivity contribution in [2.45, 2.75) is 0 Å². The number of hydrogen-bond donors (Lipinski definition) is 3. The molecule has 1 amide bonds. The number of phenols is 1. The number of aromatic hydroxyl groups is 1. The second kappa shape index (κ2) is 7.59. The molecule has 0 spiro atoms. The van der Waals surface area contributed by atoms with E-state index in [2.05, 4.69) is 10.6 Å². The molecule has 0 aliphatic heterocycles. The summed E-state index contributed by atoms with van der Waals surface area (Å²) in [5, 5.41) is 17.5. The zero-order valence-corrected chi connectivity index (χ0v) is 15.3. The number of carbonyl (C=O) groups is 1. The van der Waals surface area contributed by atoms with Crippen LogP contribution in [-0.2, 0) is 0 Å². The summed E-state index contributed by atoms with van der Waals surface area (Å²) in [6.45, 7) is 0. The average Bonchev–Trinajstić information content (AvgIpc) is 2.61. The van der Waals surface area contributed by atoms with Crippen LogP contribution in [0.3, 0.4) is 0 Å². The van der Waals surface area contributed by atoms with Gasteiger partial charge < -0.3 is 15.2 Å². The molecule has 3 rings (SSSR count). The first-order chi connectivity index (χ1) is 12.5. The SMILES string of the molecule is COc1ccc(Cl)cc1C(=O)NC(=S)Nc1cccc2cc(O)ccc12. The van der Waals surface area contributed by atoms with Gasteiger partial charge in [-0.2, -0.15) is 0 Å². The van der Waals surface area contributed by atoms with Gasteiger partial charge in [0.15, 0.2) is 5.11 Å². The minimum Gasteiger partial charge on any atom is -0.508 e. The van der Waals surface area contributed by atoms with E-state index in [1.54, 1.807) is 30.3 Å². The summed E-state index contributed by atoms with van der Waals surface area (Å²) in [6, 6.07) is 15.3. The molecule has 0 aromatic heterocycles. The third-order valence-electron chi connectivity index (χ3n) is 3.75. The first-order valence-electron chi connectivity index (χ1n) is 7.65. The Bertz CT molecular complexity index is 1010. The number of rotatable bonds is 3. The van der Waals surface area contributed by atoms with Gasteiger partial charge in [-0.25, -0.2) is 0 Å². The van der Waals surface area contributed by atoms with Gasteiger partial charge in [-0.15, -0.1) is 0 Å². The van der Waals surface area contributed by atoms with Crippen LogP contribution >= 0.6 is 23.8 Å². The molecule has 7 heteroatoms. The highest BCUT2D eigenvalue weighted by molar-refractivity contribution is 7.80. The van der Waals surface area contributed by atoms with E-state index in [4.69, 9.17) is 28.6 Å². The summed E-state index contributed by atoms with van der Waals surface area (Å²) in [5.41, 5.74) is 0.998. The fourth-order valence-electron chi connectivity index (χ4n) is 2.56. The van der Waals surface area contributed by atoms with Crippen molar-refractivity contribution < 1.29 is 14.6 Å². The first kappa shape index (κ1) is 18.0. The van der Waals surface area contributed by atoms with Crippen LogP contribution in [0.5, 0.6) is 11.5 Å². The Morgan fingerprint density at radius 2 is 1.96 bits per heavy atom. The lowest BCUT2D eigenvalue weighted by Crippen LogP contribution is -2.34. The van der Waals surface area contributed by atoms with E-state index >= 15 is 0 Å². The topological polar surface area (TPSA) is 70.6 Å². The Balaban J connectivity index is 1.80. The van der Waals surface area contributed by atoms with E-state index in [1.165, 1.54) is 13.2 Å². The highest BCUT2D eigenvalue weighted by Gasteiger charge is 2.15. The number of hydrogen-bond acceptors (Lipinski definition) is 4. The van der Waals surface area contributed by atoms with Gasteiger partial charge in [0, 0.05) is 16.1 Å². The van der Waals surface area contributed by atoms with Crippen LogP contribution in [0.4, 0.5) is 5.69 Å². The highest BCUT2D eigenvalue weighted by atomic mass is 35.5. The maximum absolute atomic E-state index is 12.5. The van der Waals surface area contributed by atoms with Gasteiger partial charge in [0.1, 0.15) is 11.5 Å². The maximum atomic E-state index is 12.5. The van der Waals surface area contributed by atoms with Gasteiger partial charge in [0.25, 0.3) is 5.91 Å². The molecule has 0 saturated heterocycles. The Labute approximate surface area is 160 Å². The fourth-order valence-corrected chi connectivity index (χ4v) is 2.94. The molecule has 0 bridgehead atoms. The minimum absolute atomic E-state index is 0.137. The lowest BCUT2D eigenvalue weighted by atomic mass is 10.1. The molecule has 0 heterocycles. The third kappa shape index (κ3) is 3.87. The molecule has 26 heavy (non-hydrogen) atoms. The highest BCUT2D eigenvalue weighted by Crippen LogP contribution is 2.27. The molecule has 0 aliphatic rings. The molecule has 0 saturated carbocycles. The van der Waals surface area contributed by atoms with Crippen LogP contribution < -0.4 is 15.4 Å². The Hall–Kier alpha value is -2.83. The largest absolute Gasteiger partial charge is 0.508 e. The van der Waals surface area contributed by atoms with E-state index in [1.807, 2.05) is 18.2 Å². The molecule has 3 N–H and O–H groups in total. The summed E-state index contributed by atoms with van der Waals surface area (Å²) in [4.78, 5) is 12.5. The summed E-state index contributed by atoms with van der Waals surface area (Å²) < 4.78 is 5.18. The zero-order chi connectivity index (χ0) is 18.7. The maximum Gasteiger partial charge on any atom is 0.261 e. The monoisotopic (exact) mass is 386 g/mol. The molecule has 132 valence electrons. The molecular weight excluding hydrogens is 372 g/mol. The van der Waals surface area contributed by atoms with Crippen molar-refractivity contribution in [3.8, 4) is 11.5 Å². The molecule has 0 aliphatic carbocycles. The fraction of sp³-hybridized carbons (Fsp3) is 0.0526. The number of fused-ring (bicyclic) bond motifs is 1. The van der Waals surface area contributed by atoms with Gasteiger partial charge in [-0.05, 0) is 60.1 Å². The van der Waals surface area contributed by atoms with Crippen molar-refractivity contribution in [2.24, 2.45) is 0 Å². The number of anilines is 1. The minimum atomic E-state index is -0.431. The van der Waals surface area contributed by atoms with Crippen LogP contribution in [0.1, 0.15) is 10.4 Å². The van der Waals surface area contributed by atoms with Crippen LogP contribution in [-0.4, -0.2) is 23.2 Å². The average molecular weight is 387 g/mol. The van der Waals surface area contributed by atoms with E-state index in [0.717, 1.165) is 10.8 Å². The molecule has 5 nitrogen and oxygen atoms in total. The molecule has 3 aromatic carbocycles. The number of halogens is 1. The number of amides is 1. The Morgan fingerprint density at radius 3 is 2.73 bits per heavy atom. The molecular formula is C19H15ClN2O3S. The third-order valence-corrected chi connectivity index (χ3v) is 4.18. The second-order valence-electron chi connectivity index (χ2n) is 5.46. The van der Waals surface area contributed by atoms with E-state index in [0.29, 0.717) is 16.5 Å². The van der Waals surface area contributed by atoms with Gasteiger partial charge in [0.2, 0.25) is 0 Å². The molecule has 3 aromatic rings. The predicted molar refractivity (Wildman–Crippen MR) is 107 cm³/mol. The number of thiocarbonyl (C=S) groups is 1. The summed E-state index contributed by atoms with van der Waals surface area (Å²) in [6.07, 6.45) is 0. The van der Waals surface area contributed by atoms with Crippen molar-refractivity contribution in [3.05, 3.63) is 65.2 Å². The smallest absolute Gasteiger partial charge is 0.261 e. The molecule has 0 radical (unpaired) electrons. The number of carbonyl (C=O) groups excluding carboxylic acids is 1. The number of ether oxygens (including phenoxy) is 1. The summed E-state index contributed by atoms with van der Waals surface area (Å²) >= 11 is 11.2. The number of phenolic OH excluding ortho intramolecular Hbond substituents is 1. The normalized spacial score (nSPS) is 10.4. The predicted octanol–water partition coefficient (Wildman–Crippen LogP) is 4.33. The number of methoxy groups -OCH3 is 1. The van der Waals surface area contributed by atoms with Crippen molar-refractivity contribution in [3.63, 3.8) is 0 Å². The summed E-state index contributed by atoms with van der Waals surface area (Å²) in [7, 11) is 1.47. The van der Waals surface area contributed by atoms with E-state index in [9.17, 15) is 9.90 Å². The van der Waals surface area contributed by atoms with Crippen LogP contribution in [0.15, 0.2) is 54.6 Å². The second-order valence-corrected chi connectivity index (χ2v) is 6.31. The Morgan fingerprint density at radius 1 is 1.15 bits per heavy atom. The van der Waals surface area contributed by atoms with Crippen molar-refractivity contribution >= 4 is 51.3 Å².